The molecule has 0 atom stereocenters. The summed E-state index contributed by atoms with van der Waals surface area (Å²) in [5.74, 6) is 0.151. The third kappa shape index (κ3) is 34.0. The molecule has 0 aromatic rings. The summed E-state index contributed by atoms with van der Waals surface area (Å²) in [5, 5.41) is 8.14. The highest BCUT2D eigenvalue weighted by Crippen LogP contribution is 1.97. The van der Waals surface area contributed by atoms with Crippen LogP contribution in [0.4, 0.5) is 0 Å². The number of aliphatic carboxylic acids is 1. The molecule has 2 heteroatoms. The van der Waals surface area contributed by atoms with Crippen molar-refractivity contribution in [3.05, 3.63) is 0 Å². The standard InChI is InChI=1S/C6H12O2.C4H10/c1-2-3-4-5-6(7)8;1-4(2)3/h2-5H2,1H3,(H,7,8);4H,1-3H3. The van der Waals surface area contributed by atoms with E-state index in [1.54, 1.807) is 0 Å². The van der Waals surface area contributed by atoms with Crippen molar-refractivity contribution in [2.24, 2.45) is 5.92 Å². The van der Waals surface area contributed by atoms with Gasteiger partial charge in [0, 0.05) is 6.42 Å². The van der Waals surface area contributed by atoms with Crippen LogP contribution in [0, 0.1) is 5.92 Å². The predicted molar refractivity (Wildman–Crippen MR) is 52.3 cm³/mol. The van der Waals surface area contributed by atoms with Gasteiger partial charge in [0.25, 0.3) is 0 Å². The van der Waals surface area contributed by atoms with E-state index in [4.69, 9.17) is 5.11 Å². The number of hydrogen-bond donors (Lipinski definition) is 1. The van der Waals surface area contributed by atoms with Crippen LogP contribution >= 0.6 is 0 Å². The molecular formula is C10H22O2. The SMILES string of the molecule is CC(C)C.CCCCCC(=O)O. The highest BCUT2D eigenvalue weighted by Gasteiger charge is 1.92. The fraction of sp³-hybridized carbons (Fsp3) is 0.900. The van der Waals surface area contributed by atoms with Gasteiger partial charge in [0.05, 0.1) is 0 Å². The van der Waals surface area contributed by atoms with E-state index in [-0.39, 0.29) is 0 Å². The first-order chi connectivity index (χ1) is 5.50. The number of carboxylic acids is 1. The van der Waals surface area contributed by atoms with Crippen LogP contribution in [0.3, 0.4) is 0 Å². The summed E-state index contributed by atoms with van der Waals surface area (Å²) in [6.07, 6.45) is 3.28. The molecule has 0 aromatic heterocycles. The van der Waals surface area contributed by atoms with Crippen molar-refractivity contribution in [2.45, 2.75) is 53.4 Å². The van der Waals surface area contributed by atoms with Gasteiger partial charge in [-0.15, -0.1) is 0 Å². The first-order valence-corrected chi connectivity index (χ1v) is 4.72. The van der Waals surface area contributed by atoms with Gasteiger partial charge < -0.3 is 5.11 Å². The van der Waals surface area contributed by atoms with Gasteiger partial charge >= 0.3 is 5.97 Å². The zero-order valence-electron chi connectivity index (χ0n) is 8.76. The molecule has 74 valence electrons. The number of hydrogen-bond acceptors (Lipinski definition) is 1. The number of unbranched alkanes of at least 4 members (excludes halogenated alkanes) is 2. The summed E-state index contributed by atoms with van der Waals surface area (Å²) in [4.78, 5) is 9.87. The van der Waals surface area contributed by atoms with Gasteiger partial charge in [-0.3, -0.25) is 4.79 Å². The molecule has 0 aliphatic carbocycles. The van der Waals surface area contributed by atoms with Gasteiger partial charge in [-0.2, -0.15) is 0 Å². The van der Waals surface area contributed by atoms with Crippen molar-refractivity contribution < 1.29 is 9.90 Å². The molecule has 0 unspecified atom stereocenters. The van der Waals surface area contributed by atoms with Crippen LogP contribution in [0.2, 0.25) is 0 Å². The number of rotatable bonds is 4. The highest BCUT2D eigenvalue weighted by molar-refractivity contribution is 5.66. The molecule has 0 aliphatic rings. The van der Waals surface area contributed by atoms with Crippen LogP contribution in [-0.4, -0.2) is 11.1 Å². The topological polar surface area (TPSA) is 37.3 Å². The Kier molecular flexibility index (Phi) is 12.2. The van der Waals surface area contributed by atoms with Gasteiger partial charge in [0.1, 0.15) is 0 Å². The van der Waals surface area contributed by atoms with E-state index >= 15 is 0 Å². The quantitative estimate of drug-likeness (QED) is 0.664. The molecule has 12 heavy (non-hydrogen) atoms. The summed E-state index contributed by atoms with van der Waals surface area (Å²) in [6.45, 7) is 8.56. The monoisotopic (exact) mass is 174 g/mol. The molecule has 1 N–H and O–H groups in total. The Labute approximate surface area is 76.0 Å². The molecule has 0 saturated carbocycles. The van der Waals surface area contributed by atoms with E-state index < -0.39 is 5.97 Å². The lowest BCUT2D eigenvalue weighted by Crippen LogP contribution is -1.92. The van der Waals surface area contributed by atoms with Crippen molar-refractivity contribution in [1.82, 2.24) is 0 Å². The molecule has 0 spiro atoms. The highest BCUT2D eigenvalue weighted by atomic mass is 16.4. The zero-order valence-corrected chi connectivity index (χ0v) is 8.76. The Morgan fingerprint density at radius 1 is 1.25 bits per heavy atom. The van der Waals surface area contributed by atoms with Crippen LogP contribution < -0.4 is 0 Å². The van der Waals surface area contributed by atoms with E-state index in [0.29, 0.717) is 6.42 Å². The first-order valence-electron chi connectivity index (χ1n) is 4.72. The second-order valence-electron chi connectivity index (χ2n) is 3.58. The van der Waals surface area contributed by atoms with Gasteiger partial charge in [0.15, 0.2) is 0 Å². The molecule has 0 rings (SSSR count). The Hall–Kier alpha value is -0.530. The Morgan fingerprint density at radius 3 is 1.92 bits per heavy atom. The Morgan fingerprint density at radius 2 is 1.67 bits per heavy atom. The van der Waals surface area contributed by atoms with Crippen molar-refractivity contribution in [2.75, 3.05) is 0 Å². The lowest BCUT2D eigenvalue weighted by molar-refractivity contribution is -0.137. The van der Waals surface area contributed by atoms with Gasteiger partial charge in [-0.25, -0.2) is 0 Å². The minimum Gasteiger partial charge on any atom is -0.481 e. The van der Waals surface area contributed by atoms with E-state index in [1.165, 1.54) is 0 Å². The smallest absolute Gasteiger partial charge is 0.303 e. The summed E-state index contributed by atoms with van der Waals surface area (Å²) in [6, 6.07) is 0. The second-order valence-corrected chi connectivity index (χ2v) is 3.58. The van der Waals surface area contributed by atoms with Gasteiger partial charge in [0.2, 0.25) is 0 Å². The third-order valence-electron chi connectivity index (χ3n) is 0.994. The lowest BCUT2D eigenvalue weighted by atomic mass is 10.2. The maximum atomic E-state index is 9.87. The van der Waals surface area contributed by atoms with Crippen LogP contribution in [0.1, 0.15) is 53.4 Å². The summed E-state index contributed by atoms with van der Waals surface area (Å²) in [5.41, 5.74) is 0. The molecule has 0 aromatic carbocycles. The number of carboxylic acid groups (broad SMARTS) is 1. The third-order valence-corrected chi connectivity index (χ3v) is 0.994. The van der Waals surface area contributed by atoms with Gasteiger partial charge in [-0.05, 0) is 12.3 Å². The second kappa shape index (κ2) is 10.5. The van der Waals surface area contributed by atoms with E-state index in [2.05, 4.69) is 27.7 Å². The molecule has 0 aliphatic heterocycles. The zero-order chi connectivity index (χ0) is 9.98. The fourth-order valence-electron chi connectivity index (χ4n) is 0.526. The molecule has 0 bridgehead atoms. The van der Waals surface area contributed by atoms with Crippen LogP contribution in [0.5, 0.6) is 0 Å². The Balaban J connectivity index is 0. The van der Waals surface area contributed by atoms with Crippen molar-refractivity contribution in [1.29, 1.82) is 0 Å². The molecule has 2 nitrogen and oxygen atoms in total. The van der Waals surface area contributed by atoms with Crippen LogP contribution in [-0.2, 0) is 4.79 Å². The largest absolute Gasteiger partial charge is 0.481 e. The molecule has 0 fully saturated rings. The van der Waals surface area contributed by atoms with Crippen molar-refractivity contribution in [3.8, 4) is 0 Å². The Bertz CT molecular complexity index is 95.3. The van der Waals surface area contributed by atoms with Crippen molar-refractivity contribution >= 4 is 5.97 Å². The molecular weight excluding hydrogens is 152 g/mol. The summed E-state index contributed by atoms with van der Waals surface area (Å²) < 4.78 is 0. The predicted octanol–water partition coefficient (Wildman–Crippen LogP) is 3.31. The maximum absolute atomic E-state index is 9.87. The molecule has 0 saturated heterocycles. The number of carbonyl (C=O) groups is 1. The average Bonchev–Trinajstić information content (AvgIpc) is 1.86. The average molecular weight is 174 g/mol. The van der Waals surface area contributed by atoms with E-state index in [0.717, 1.165) is 25.2 Å². The minimum atomic E-state index is -0.682. The summed E-state index contributed by atoms with van der Waals surface area (Å²) in [7, 11) is 0. The maximum Gasteiger partial charge on any atom is 0.303 e. The molecule has 0 heterocycles. The van der Waals surface area contributed by atoms with Crippen LogP contribution in [0.25, 0.3) is 0 Å². The first kappa shape index (κ1) is 14.0. The van der Waals surface area contributed by atoms with Gasteiger partial charge in [-0.1, -0.05) is 40.5 Å². The lowest BCUT2D eigenvalue weighted by Gasteiger charge is -1.89. The van der Waals surface area contributed by atoms with E-state index in [9.17, 15) is 4.79 Å². The molecule has 0 amide bonds. The van der Waals surface area contributed by atoms with Crippen molar-refractivity contribution in [3.63, 3.8) is 0 Å². The van der Waals surface area contributed by atoms with Crippen LogP contribution in [0.15, 0.2) is 0 Å². The minimum absolute atomic E-state index is 0.327. The van der Waals surface area contributed by atoms with E-state index in [1.807, 2.05) is 0 Å². The molecule has 0 radical (unpaired) electrons. The fourth-order valence-corrected chi connectivity index (χ4v) is 0.526. The normalized spacial score (nSPS) is 9.08. The summed E-state index contributed by atoms with van der Waals surface area (Å²) >= 11 is 0.